The first kappa shape index (κ1) is 11.5. The molecule has 1 aliphatic rings. The van der Waals surface area contributed by atoms with E-state index in [1.165, 1.54) is 18.4 Å². The molecular weight excluding hydrogens is 272 g/mol. The lowest BCUT2D eigenvalue weighted by molar-refractivity contribution is 0.319. The van der Waals surface area contributed by atoms with Crippen molar-refractivity contribution in [2.45, 2.75) is 26.2 Å². The van der Waals surface area contributed by atoms with E-state index in [9.17, 15) is 0 Å². The lowest BCUT2D eigenvalue weighted by atomic mass is 9.81. The van der Waals surface area contributed by atoms with E-state index in [1.807, 2.05) is 12.1 Å². The maximum Gasteiger partial charge on any atom is 0.0438 e. The van der Waals surface area contributed by atoms with Gasteiger partial charge in [0.25, 0.3) is 0 Å². The van der Waals surface area contributed by atoms with E-state index >= 15 is 0 Å². The van der Waals surface area contributed by atoms with Crippen LogP contribution in [0.3, 0.4) is 0 Å². The van der Waals surface area contributed by atoms with E-state index in [0.717, 1.165) is 22.7 Å². The minimum absolute atomic E-state index is 0.380. The van der Waals surface area contributed by atoms with Gasteiger partial charge in [-0.15, -0.1) is 0 Å². The zero-order chi connectivity index (χ0) is 10.9. The summed E-state index contributed by atoms with van der Waals surface area (Å²) < 4.78 is 0. The van der Waals surface area contributed by atoms with Crippen LogP contribution in [0.15, 0.2) is 24.3 Å². The molecule has 82 valence electrons. The molecule has 1 aromatic carbocycles. The Morgan fingerprint density at radius 1 is 1.40 bits per heavy atom. The van der Waals surface area contributed by atoms with E-state index in [2.05, 4.69) is 35.0 Å². The standard InChI is InChI=1S/C13H16BrCl/c1-13(9-14,11-6-7-11)8-10-4-2-3-5-12(10)15/h2-5,11H,6-9H2,1H3. The third kappa shape index (κ3) is 2.57. The lowest BCUT2D eigenvalue weighted by Gasteiger charge is -2.27. The van der Waals surface area contributed by atoms with Crippen LogP contribution in [0.2, 0.25) is 5.02 Å². The van der Waals surface area contributed by atoms with Gasteiger partial charge in [-0.3, -0.25) is 0 Å². The van der Waals surface area contributed by atoms with Crippen molar-refractivity contribution in [2.24, 2.45) is 11.3 Å². The maximum atomic E-state index is 6.20. The van der Waals surface area contributed by atoms with Crippen LogP contribution in [0.4, 0.5) is 0 Å². The average molecular weight is 288 g/mol. The van der Waals surface area contributed by atoms with Crippen molar-refractivity contribution in [3.8, 4) is 0 Å². The topological polar surface area (TPSA) is 0 Å². The van der Waals surface area contributed by atoms with Crippen LogP contribution in [0.1, 0.15) is 25.3 Å². The fraction of sp³-hybridized carbons (Fsp3) is 0.538. The Morgan fingerprint density at radius 3 is 2.60 bits per heavy atom. The highest BCUT2D eigenvalue weighted by Crippen LogP contribution is 2.48. The Labute approximate surface area is 105 Å². The molecular formula is C13H16BrCl. The number of hydrogen-bond donors (Lipinski definition) is 0. The zero-order valence-electron chi connectivity index (χ0n) is 8.97. The van der Waals surface area contributed by atoms with Gasteiger partial charge in [0.05, 0.1) is 0 Å². The van der Waals surface area contributed by atoms with Gasteiger partial charge >= 0.3 is 0 Å². The van der Waals surface area contributed by atoms with Crippen LogP contribution in [0.5, 0.6) is 0 Å². The zero-order valence-corrected chi connectivity index (χ0v) is 11.3. The Hall–Kier alpha value is -0.0100. The number of rotatable bonds is 4. The third-order valence-corrected chi connectivity index (χ3v) is 5.07. The molecule has 2 heteroatoms. The second-order valence-corrected chi connectivity index (χ2v) is 5.80. The summed E-state index contributed by atoms with van der Waals surface area (Å²) in [5, 5.41) is 1.97. The van der Waals surface area contributed by atoms with Gasteiger partial charge in [0.2, 0.25) is 0 Å². The highest BCUT2D eigenvalue weighted by molar-refractivity contribution is 9.09. The van der Waals surface area contributed by atoms with E-state index in [4.69, 9.17) is 11.6 Å². The van der Waals surface area contributed by atoms with Crippen molar-refractivity contribution >= 4 is 27.5 Å². The second kappa shape index (κ2) is 4.47. The molecule has 0 radical (unpaired) electrons. The van der Waals surface area contributed by atoms with Crippen molar-refractivity contribution in [1.29, 1.82) is 0 Å². The Balaban J connectivity index is 2.16. The summed E-state index contributed by atoms with van der Waals surface area (Å²) in [4.78, 5) is 0. The van der Waals surface area contributed by atoms with Gasteiger partial charge in [0.15, 0.2) is 0 Å². The summed E-state index contributed by atoms with van der Waals surface area (Å²) >= 11 is 9.85. The van der Waals surface area contributed by atoms with Crippen molar-refractivity contribution in [3.05, 3.63) is 34.9 Å². The Kier molecular flexibility index (Phi) is 3.42. The number of hydrogen-bond acceptors (Lipinski definition) is 0. The Bertz CT molecular complexity index is 346. The summed E-state index contributed by atoms with van der Waals surface area (Å²) in [6, 6.07) is 8.20. The number of alkyl halides is 1. The van der Waals surface area contributed by atoms with Gasteiger partial charge in [-0.1, -0.05) is 52.7 Å². The molecule has 15 heavy (non-hydrogen) atoms. The highest BCUT2D eigenvalue weighted by Gasteiger charge is 2.40. The van der Waals surface area contributed by atoms with Crippen LogP contribution in [0, 0.1) is 11.3 Å². The quantitative estimate of drug-likeness (QED) is 0.705. The third-order valence-electron chi connectivity index (χ3n) is 3.42. The molecule has 0 heterocycles. The molecule has 0 bridgehead atoms. The fourth-order valence-corrected chi connectivity index (χ4v) is 3.02. The molecule has 1 atom stereocenters. The van der Waals surface area contributed by atoms with E-state index in [1.54, 1.807) is 0 Å². The molecule has 1 saturated carbocycles. The van der Waals surface area contributed by atoms with E-state index in [-0.39, 0.29) is 0 Å². The smallest absolute Gasteiger partial charge is 0.0438 e. The molecule has 0 amide bonds. The number of benzene rings is 1. The normalized spacial score (nSPS) is 19.9. The second-order valence-electron chi connectivity index (χ2n) is 4.83. The van der Waals surface area contributed by atoms with Crippen LogP contribution in [0.25, 0.3) is 0 Å². The first-order valence-corrected chi connectivity index (χ1v) is 6.95. The molecule has 1 fully saturated rings. The van der Waals surface area contributed by atoms with Crippen molar-refractivity contribution in [1.82, 2.24) is 0 Å². The van der Waals surface area contributed by atoms with E-state index in [0.29, 0.717) is 5.41 Å². The summed E-state index contributed by atoms with van der Waals surface area (Å²) in [6.07, 6.45) is 3.85. The van der Waals surface area contributed by atoms with Crippen LogP contribution in [-0.4, -0.2) is 5.33 Å². The van der Waals surface area contributed by atoms with Gasteiger partial charge in [-0.2, -0.15) is 0 Å². The molecule has 0 spiro atoms. The number of halogens is 2. The molecule has 0 N–H and O–H groups in total. The molecule has 1 unspecified atom stereocenters. The molecule has 1 aromatic rings. The first-order valence-electron chi connectivity index (χ1n) is 5.45. The first-order chi connectivity index (χ1) is 7.15. The highest BCUT2D eigenvalue weighted by atomic mass is 79.9. The predicted molar refractivity (Wildman–Crippen MR) is 69.8 cm³/mol. The van der Waals surface area contributed by atoms with Gasteiger partial charge < -0.3 is 0 Å². The van der Waals surface area contributed by atoms with Crippen LogP contribution >= 0.6 is 27.5 Å². The molecule has 0 nitrogen and oxygen atoms in total. The van der Waals surface area contributed by atoms with Gasteiger partial charge in [-0.05, 0) is 42.2 Å². The molecule has 1 aliphatic carbocycles. The molecule has 2 rings (SSSR count). The summed E-state index contributed by atoms with van der Waals surface area (Å²) in [5.41, 5.74) is 1.67. The minimum atomic E-state index is 0.380. The largest absolute Gasteiger partial charge is 0.0922 e. The van der Waals surface area contributed by atoms with Gasteiger partial charge in [0.1, 0.15) is 0 Å². The monoisotopic (exact) mass is 286 g/mol. The van der Waals surface area contributed by atoms with E-state index < -0.39 is 0 Å². The van der Waals surface area contributed by atoms with Crippen molar-refractivity contribution in [2.75, 3.05) is 5.33 Å². The summed E-state index contributed by atoms with van der Waals surface area (Å²) in [5.74, 6) is 0.883. The fourth-order valence-electron chi connectivity index (χ4n) is 2.16. The lowest BCUT2D eigenvalue weighted by Crippen LogP contribution is -2.24. The summed E-state index contributed by atoms with van der Waals surface area (Å²) in [6.45, 7) is 2.36. The maximum absolute atomic E-state index is 6.20. The minimum Gasteiger partial charge on any atom is -0.0922 e. The van der Waals surface area contributed by atoms with Crippen molar-refractivity contribution in [3.63, 3.8) is 0 Å². The predicted octanol–water partition coefficient (Wildman–Crippen LogP) is 4.69. The average Bonchev–Trinajstić information content (AvgIpc) is 3.05. The summed E-state index contributed by atoms with van der Waals surface area (Å²) in [7, 11) is 0. The van der Waals surface area contributed by atoms with Gasteiger partial charge in [-0.25, -0.2) is 0 Å². The molecule has 0 aliphatic heterocycles. The van der Waals surface area contributed by atoms with Crippen molar-refractivity contribution < 1.29 is 0 Å². The van der Waals surface area contributed by atoms with Crippen LogP contribution in [-0.2, 0) is 6.42 Å². The molecule has 0 saturated heterocycles. The Morgan fingerprint density at radius 2 is 2.07 bits per heavy atom. The van der Waals surface area contributed by atoms with Gasteiger partial charge in [0, 0.05) is 10.4 Å². The van der Waals surface area contributed by atoms with Crippen LogP contribution < -0.4 is 0 Å². The molecule has 0 aromatic heterocycles. The SMILES string of the molecule is CC(CBr)(Cc1ccccc1Cl)C1CC1.